The maximum Gasteiger partial charge on any atom is 0.269 e. The van der Waals surface area contributed by atoms with E-state index < -0.39 is 0 Å². The summed E-state index contributed by atoms with van der Waals surface area (Å²) < 4.78 is 5.31. The molecule has 2 aromatic heterocycles. The van der Waals surface area contributed by atoms with Crippen LogP contribution in [0.25, 0.3) is 0 Å². The smallest absolute Gasteiger partial charge is 0.269 e. The highest BCUT2D eigenvalue weighted by Gasteiger charge is 2.20. The number of carbonyl (C=O) groups is 2. The predicted octanol–water partition coefficient (Wildman–Crippen LogP) is 3.87. The van der Waals surface area contributed by atoms with Gasteiger partial charge < -0.3 is 9.84 Å². The number of nitrogens with one attached hydrogen (secondary N) is 2. The van der Waals surface area contributed by atoms with Crippen LogP contribution in [0.3, 0.4) is 0 Å². The molecule has 0 spiro atoms. The van der Waals surface area contributed by atoms with E-state index in [4.69, 9.17) is 4.52 Å². The van der Waals surface area contributed by atoms with E-state index in [1.165, 1.54) is 16.8 Å². The quantitative estimate of drug-likeness (QED) is 0.438. The van der Waals surface area contributed by atoms with Gasteiger partial charge in [0.05, 0.1) is 11.4 Å². The van der Waals surface area contributed by atoms with Gasteiger partial charge in [-0.25, -0.2) is 5.01 Å². The zero-order chi connectivity index (χ0) is 21.7. The molecule has 0 saturated carbocycles. The van der Waals surface area contributed by atoms with Crippen molar-refractivity contribution in [1.82, 2.24) is 15.5 Å². The first-order chi connectivity index (χ1) is 14.3. The van der Waals surface area contributed by atoms with Crippen molar-refractivity contribution in [2.75, 3.05) is 17.5 Å². The minimum Gasteiger partial charge on any atom is -0.354 e. The minimum absolute atomic E-state index is 0.163. The SMILES string of the molecule is CNC(=O)c1cc(Sc2cccc(N(C=O)Nc3cc(C(C)(C)C)no3)c2)ccn1. The third kappa shape index (κ3) is 5.18. The molecule has 1 aromatic carbocycles. The fourth-order valence-electron chi connectivity index (χ4n) is 2.51. The number of hydrogen-bond donors (Lipinski definition) is 2. The van der Waals surface area contributed by atoms with E-state index in [-0.39, 0.29) is 11.3 Å². The molecule has 8 nitrogen and oxygen atoms in total. The Hall–Kier alpha value is -3.33. The van der Waals surface area contributed by atoms with Crippen LogP contribution in [0.15, 0.2) is 63.0 Å². The van der Waals surface area contributed by atoms with Crippen LogP contribution < -0.4 is 15.8 Å². The maximum atomic E-state index is 11.8. The molecular formula is C21H23N5O3S. The van der Waals surface area contributed by atoms with Crippen LogP contribution in [-0.4, -0.2) is 29.5 Å². The molecule has 30 heavy (non-hydrogen) atoms. The topological polar surface area (TPSA) is 100 Å². The molecule has 2 N–H and O–H groups in total. The summed E-state index contributed by atoms with van der Waals surface area (Å²) in [6, 6.07) is 12.7. The van der Waals surface area contributed by atoms with Gasteiger partial charge in [-0.05, 0) is 30.3 Å². The largest absolute Gasteiger partial charge is 0.354 e. The van der Waals surface area contributed by atoms with Gasteiger partial charge >= 0.3 is 0 Å². The number of amides is 2. The number of anilines is 2. The van der Waals surface area contributed by atoms with Crippen molar-refractivity contribution in [2.45, 2.75) is 36.0 Å². The van der Waals surface area contributed by atoms with Crippen LogP contribution in [0.5, 0.6) is 0 Å². The van der Waals surface area contributed by atoms with Crippen LogP contribution in [0.1, 0.15) is 37.0 Å². The van der Waals surface area contributed by atoms with E-state index >= 15 is 0 Å². The minimum atomic E-state index is -0.246. The number of carbonyl (C=O) groups excluding carboxylic acids is 2. The summed E-state index contributed by atoms with van der Waals surface area (Å²) in [5, 5.41) is 7.93. The Labute approximate surface area is 179 Å². The van der Waals surface area contributed by atoms with Crippen LogP contribution >= 0.6 is 11.8 Å². The second kappa shape index (κ2) is 9.00. The number of benzene rings is 1. The lowest BCUT2D eigenvalue weighted by Crippen LogP contribution is -2.27. The van der Waals surface area contributed by atoms with Crippen LogP contribution in [-0.2, 0) is 10.2 Å². The normalized spacial score (nSPS) is 11.1. The van der Waals surface area contributed by atoms with Crippen molar-refractivity contribution >= 4 is 35.7 Å². The Morgan fingerprint density at radius 1 is 1.17 bits per heavy atom. The van der Waals surface area contributed by atoms with Crippen molar-refractivity contribution in [3.8, 4) is 0 Å². The molecule has 0 saturated heterocycles. The molecule has 0 aliphatic rings. The van der Waals surface area contributed by atoms with Gasteiger partial charge in [-0.1, -0.05) is 43.8 Å². The van der Waals surface area contributed by atoms with Crippen molar-refractivity contribution in [2.24, 2.45) is 0 Å². The molecule has 3 aromatic rings. The third-order valence-electron chi connectivity index (χ3n) is 4.14. The highest BCUT2D eigenvalue weighted by Crippen LogP contribution is 2.31. The fraction of sp³-hybridized carbons (Fsp3) is 0.238. The zero-order valence-corrected chi connectivity index (χ0v) is 18.0. The van der Waals surface area contributed by atoms with E-state index in [1.807, 2.05) is 45.0 Å². The Morgan fingerprint density at radius 2 is 1.93 bits per heavy atom. The first-order valence-electron chi connectivity index (χ1n) is 9.24. The lowest BCUT2D eigenvalue weighted by molar-refractivity contribution is -0.107. The number of rotatable bonds is 7. The van der Waals surface area contributed by atoms with Crippen LogP contribution in [0, 0.1) is 0 Å². The van der Waals surface area contributed by atoms with E-state index in [9.17, 15) is 9.59 Å². The van der Waals surface area contributed by atoms with Gasteiger partial charge in [-0.3, -0.25) is 20.0 Å². The van der Waals surface area contributed by atoms with Gasteiger partial charge in [0.1, 0.15) is 5.69 Å². The number of pyridine rings is 1. The first kappa shape index (κ1) is 21.4. The van der Waals surface area contributed by atoms with Crippen molar-refractivity contribution < 1.29 is 14.1 Å². The third-order valence-corrected chi connectivity index (χ3v) is 5.12. The van der Waals surface area contributed by atoms with Crippen LogP contribution in [0.4, 0.5) is 11.6 Å². The summed E-state index contributed by atoms with van der Waals surface area (Å²) in [5.41, 5.74) is 4.52. The highest BCUT2D eigenvalue weighted by molar-refractivity contribution is 7.99. The molecule has 0 bridgehead atoms. The van der Waals surface area contributed by atoms with Crippen LogP contribution in [0.2, 0.25) is 0 Å². The Bertz CT molecular complexity index is 1040. The average molecular weight is 426 g/mol. The molecular weight excluding hydrogens is 402 g/mol. The van der Waals surface area contributed by atoms with Gasteiger partial charge in [0, 0.05) is 34.5 Å². The molecule has 156 valence electrons. The number of aromatic nitrogens is 2. The summed E-state index contributed by atoms with van der Waals surface area (Å²) in [7, 11) is 1.56. The molecule has 0 unspecified atom stereocenters. The summed E-state index contributed by atoms with van der Waals surface area (Å²) in [6.07, 6.45) is 2.26. The first-order valence-corrected chi connectivity index (χ1v) is 10.1. The predicted molar refractivity (Wildman–Crippen MR) is 116 cm³/mol. The van der Waals surface area contributed by atoms with Gasteiger partial charge in [-0.2, -0.15) is 0 Å². The molecule has 0 aliphatic carbocycles. The molecule has 2 heterocycles. The standard InChI is InChI=1S/C21H23N5O3S/c1-21(2,3)18-12-19(29-25-18)24-26(13-27)14-6-5-7-15(10-14)30-16-8-9-23-17(11-16)20(28)22-4/h5-13,24H,1-4H3,(H,22,28). The molecule has 0 radical (unpaired) electrons. The molecule has 9 heteroatoms. The van der Waals surface area contributed by atoms with Crippen molar-refractivity contribution in [3.05, 3.63) is 60.0 Å². The molecule has 0 atom stereocenters. The number of hydrogen-bond acceptors (Lipinski definition) is 7. The van der Waals surface area contributed by atoms with Gasteiger partial charge in [-0.15, -0.1) is 0 Å². The van der Waals surface area contributed by atoms with E-state index in [0.717, 1.165) is 15.5 Å². The second-order valence-corrected chi connectivity index (χ2v) is 8.62. The van der Waals surface area contributed by atoms with Crippen molar-refractivity contribution in [3.63, 3.8) is 0 Å². The summed E-state index contributed by atoms with van der Waals surface area (Å²) in [4.78, 5) is 29.3. The second-order valence-electron chi connectivity index (χ2n) is 7.47. The van der Waals surface area contributed by atoms with E-state index in [1.54, 1.807) is 31.4 Å². The van der Waals surface area contributed by atoms with E-state index in [0.29, 0.717) is 23.7 Å². The van der Waals surface area contributed by atoms with Gasteiger partial charge in [0.2, 0.25) is 12.3 Å². The highest BCUT2D eigenvalue weighted by atomic mass is 32.2. The summed E-state index contributed by atoms with van der Waals surface area (Å²) in [5.74, 6) is 0.124. The Balaban J connectivity index is 1.77. The molecule has 0 fully saturated rings. The van der Waals surface area contributed by atoms with Gasteiger partial charge in [0.15, 0.2) is 0 Å². The average Bonchev–Trinajstić information content (AvgIpc) is 3.21. The summed E-state index contributed by atoms with van der Waals surface area (Å²) >= 11 is 1.46. The number of hydrazine groups is 1. The fourth-order valence-corrected chi connectivity index (χ4v) is 3.41. The summed E-state index contributed by atoms with van der Waals surface area (Å²) in [6.45, 7) is 6.09. The van der Waals surface area contributed by atoms with Gasteiger partial charge in [0.25, 0.3) is 5.91 Å². The zero-order valence-electron chi connectivity index (χ0n) is 17.2. The molecule has 3 rings (SSSR count). The lowest BCUT2D eigenvalue weighted by atomic mass is 9.92. The van der Waals surface area contributed by atoms with Crippen molar-refractivity contribution in [1.29, 1.82) is 0 Å². The lowest BCUT2D eigenvalue weighted by Gasteiger charge is -2.18. The molecule has 0 aliphatic heterocycles. The molecule has 2 amide bonds. The Morgan fingerprint density at radius 3 is 2.60 bits per heavy atom. The monoisotopic (exact) mass is 425 g/mol. The number of nitrogens with zero attached hydrogens (tertiary/aromatic N) is 3. The van der Waals surface area contributed by atoms with E-state index in [2.05, 4.69) is 20.9 Å². The Kier molecular flexibility index (Phi) is 6.41. The maximum absolute atomic E-state index is 11.8.